The maximum Gasteiger partial charge on any atom is 0.254 e. The molecule has 146 valence electrons. The minimum atomic E-state index is -0.148. The van der Waals surface area contributed by atoms with Gasteiger partial charge in [0.15, 0.2) is 0 Å². The normalized spacial score (nSPS) is 15.8. The van der Waals surface area contributed by atoms with Gasteiger partial charge in [-0.2, -0.15) is 4.68 Å². The molecule has 1 aliphatic carbocycles. The van der Waals surface area contributed by atoms with Crippen molar-refractivity contribution in [1.29, 1.82) is 0 Å². The van der Waals surface area contributed by atoms with Crippen molar-refractivity contribution in [3.63, 3.8) is 0 Å². The van der Waals surface area contributed by atoms with Crippen molar-refractivity contribution in [3.8, 4) is 11.4 Å². The van der Waals surface area contributed by atoms with Gasteiger partial charge in [-0.1, -0.05) is 12.1 Å². The standard InChI is InChI=1S/C21H20N6O2/c1-29-13-9-10-17-16(11-13)14-6-4-7-18(20(14)23-17)24-21(28)15-5-2-3-8-19(15)27-12-22-25-26-27/h2-3,5,8-12,18,23H,4,6-7H2,1H3,(H,24,28)/t18-/m0/s1. The number of methoxy groups -OCH3 is 1. The largest absolute Gasteiger partial charge is 0.497 e. The molecule has 1 amide bonds. The van der Waals surface area contributed by atoms with E-state index in [0.717, 1.165) is 41.6 Å². The average molecular weight is 388 g/mol. The Morgan fingerprint density at radius 1 is 1.28 bits per heavy atom. The summed E-state index contributed by atoms with van der Waals surface area (Å²) < 4.78 is 6.87. The number of carbonyl (C=O) groups excluding carboxylic acids is 1. The summed E-state index contributed by atoms with van der Waals surface area (Å²) in [5.74, 6) is 0.686. The second-order valence-electron chi connectivity index (χ2n) is 7.12. The molecular formula is C21H20N6O2. The highest BCUT2D eigenvalue weighted by molar-refractivity contribution is 5.98. The number of fused-ring (bicyclic) bond motifs is 3. The van der Waals surface area contributed by atoms with Crippen LogP contribution in [-0.2, 0) is 6.42 Å². The molecule has 29 heavy (non-hydrogen) atoms. The molecule has 0 aliphatic heterocycles. The number of para-hydroxylation sites is 1. The number of aromatic nitrogens is 5. The molecule has 0 bridgehead atoms. The number of benzene rings is 2. The zero-order chi connectivity index (χ0) is 19.8. The highest BCUT2D eigenvalue weighted by Crippen LogP contribution is 2.36. The van der Waals surface area contributed by atoms with E-state index < -0.39 is 0 Å². The highest BCUT2D eigenvalue weighted by Gasteiger charge is 2.27. The van der Waals surface area contributed by atoms with Crippen LogP contribution in [0.3, 0.4) is 0 Å². The van der Waals surface area contributed by atoms with Gasteiger partial charge in [0.05, 0.1) is 24.4 Å². The fraction of sp³-hybridized carbons (Fsp3) is 0.238. The number of ether oxygens (including phenoxy) is 1. The third-order valence-electron chi connectivity index (χ3n) is 5.46. The van der Waals surface area contributed by atoms with Crippen LogP contribution in [0.25, 0.3) is 16.6 Å². The summed E-state index contributed by atoms with van der Waals surface area (Å²) in [6.45, 7) is 0. The van der Waals surface area contributed by atoms with E-state index in [1.807, 2.05) is 30.3 Å². The van der Waals surface area contributed by atoms with Gasteiger partial charge in [-0.15, -0.1) is 5.10 Å². The number of hydrogen-bond donors (Lipinski definition) is 2. The molecular weight excluding hydrogens is 368 g/mol. The number of aromatic amines is 1. The number of amides is 1. The average Bonchev–Trinajstić information content (AvgIpc) is 3.42. The minimum absolute atomic E-state index is 0.0772. The molecule has 2 heterocycles. The van der Waals surface area contributed by atoms with Crippen molar-refractivity contribution in [2.24, 2.45) is 0 Å². The topological polar surface area (TPSA) is 97.7 Å². The molecule has 0 fully saturated rings. The van der Waals surface area contributed by atoms with Gasteiger partial charge in [-0.05, 0) is 65.6 Å². The van der Waals surface area contributed by atoms with Crippen molar-refractivity contribution in [2.75, 3.05) is 7.11 Å². The Balaban J connectivity index is 1.48. The van der Waals surface area contributed by atoms with Gasteiger partial charge in [-0.3, -0.25) is 4.79 Å². The molecule has 2 aromatic heterocycles. The number of aryl methyl sites for hydroxylation is 1. The Hall–Kier alpha value is -3.68. The van der Waals surface area contributed by atoms with Crippen molar-refractivity contribution in [3.05, 3.63) is 65.6 Å². The van der Waals surface area contributed by atoms with Crippen LogP contribution in [0, 0.1) is 0 Å². The number of tetrazole rings is 1. The first-order valence-corrected chi connectivity index (χ1v) is 9.56. The first-order valence-electron chi connectivity index (χ1n) is 9.56. The second kappa shape index (κ2) is 7.05. The summed E-state index contributed by atoms with van der Waals surface area (Å²) >= 11 is 0. The summed E-state index contributed by atoms with van der Waals surface area (Å²) in [6.07, 6.45) is 4.36. The molecule has 8 nitrogen and oxygen atoms in total. The van der Waals surface area contributed by atoms with Gasteiger partial charge < -0.3 is 15.0 Å². The Labute approximate surface area is 166 Å². The summed E-state index contributed by atoms with van der Waals surface area (Å²) in [5, 5.41) is 15.6. The van der Waals surface area contributed by atoms with Crippen LogP contribution >= 0.6 is 0 Å². The molecule has 2 aromatic carbocycles. The van der Waals surface area contributed by atoms with Crippen LogP contribution < -0.4 is 10.1 Å². The lowest BCUT2D eigenvalue weighted by molar-refractivity contribution is 0.0932. The Morgan fingerprint density at radius 2 is 2.17 bits per heavy atom. The lowest BCUT2D eigenvalue weighted by Crippen LogP contribution is -2.31. The van der Waals surface area contributed by atoms with Crippen molar-refractivity contribution in [1.82, 2.24) is 30.5 Å². The summed E-state index contributed by atoms with van der Waals surface area (Å²) in [7, 11) is 1.67. The fourth-order valence-corrected chi connectivity index (χ4v) is 4.09. The fourth-order valence-electron chi connectivity index (χ4n) is 4.09. The first kappa shape index (κ1) is 17.4. The van der Waals surface area contributed by atoms with E-state index in [4.69, 9.17) is 4.74 Å². The van der Waals surface area contributed by atoms with E-state index in [2.05, 4.69) is 31.9 Å². The van der Waals surface area contributed by atoms with E-state index in [0.29, 0.717) is 11.3 Å². The molecule has 5 rings (SSSR count). The Morgan fingerprint density at radius 3 is 3.00 bits per heavy atom. The van der Waals surface area contributed by atoms with Crippen LogP contribution in [0.4, 0.5) is 0 Å². The minimum Gasteiger partial charge on any atom is -0.497 e. The number of rotatable bonds is 4. The predicted octanol–water partition coefficient (Wildman–Crippen LogP) is 2.96. The van der Waals surface area contributed by atoms with Crippen LogP contribution in [0.15, 0.2) is 48.8 Å². The van der Waals surface area contributed by atoms with E-state index in [9.17, 15) is 4.79 Å². The van der Waals surface area contributed by atoms with E-state index in [1.165, 1.54) is 16.6 Å². The predicted molar refractivity (Wildman–Crippen MR) is 107 cm³/mol. The van der Waals surface area contributed by atoms with Gasteiger partial charge in [0.2, 0.25) is 0 Å². The SMILES string of the molecule is COc1ccc2[nH]c3c(c2c1)CCC[C@@H]3NC(=O)c1ccccc1-n1cnnn1. The van der Waals surface area contributed by atoms with Crippen LogP contribution in [0.2, 0.25) is 0 Å². The lowest BCUT2D eigenvalue weighted by Gasteiger charge is -2.24. The maximum atomic E-state index is 13.1. The highest BCUT2D eigenvalue weighted by atomic mass is 16.5. The molecule has 0 saturated carbocycles. The Kier molecular flexibility index (Phi) is 4.23. The van der Waals surface area contributed by atoms with E-state index >= 15 is 0 Å². The number of H-pyrrole nitrogens is 1. The van der Waals surface area contributed by atoms with E-state index in [1.54, 1.807) is 13.2 Å². The zero-order valence-electron chi connectivity index (χ0n) is 15.9. The smallest absolute Gasteiger partial charge is 0.254 e. The summed E-state index contributed by atoms with van der Waals surface area (Å²) in [4.78, 5) is 16.6. The van der Waals surface area contributed by atoms with Crippen LogP contribution in [-0.4, -0.2) is 38.2 Å². The van der Waals surface area contributed by atoms with Crippen molar-refractivity contribution in [2.45, 2.75) is 25.3 Å². The number of nitrogens with one attached hydrogen (secondary N) is 2. The van der Waals surface area contributed by atoms with Gasteiger partial charge >= 0.3 is 0 Å². The van der Waals surface area contributed by atoms with Gasteiger partial charge in [0, 0.05) is 16.6 Å². The molecule has 0 spiro atoms. The van der Waals surface area contributed by atoms with Crippen molar-refractivity contribution >= 4 is 16.8 Å². The lowest BCUT2D eigenvalue weighted by atomic mass is 9.91. The van der Waals surface area contributed by atoms with Gasteiger partial charge in [-0.25, -0.2) is 0 Å². The van der Waals surface area contributed by atoms with Gasteiger partial charge in [0.1, 0.15) is 12.1 Å². The molecule has 0 saturated heterocycles. The monoisotopic (exact) mass is 388 g/mol. The number of carbonyl (C=O) groups is 1. The third kappa shape index (κ3) is 3.02. The van der Waals surface area contributed by atoms with Crippen LogP contribution in [0.1, 0.15) is 40.5 Å². The van der Waals surface area contributed by atoms with Crippen LogP contribution in [0.5, 0.6) is 5.75 Å². The first-order chi connectivity index (χ1) is 14.2. The molecule has 4 aromatic rings. The molecule has 0 radical (unpaired) electrons. The molecule has 2 N–H and O–H groups in total. The van der Waals surface area contributed by atoms with E-state index in [-0.39, 0.29) is 11.9 Å². The molecule has 1 atom stereocenters. The summed E-state index contributed by atoms with van der Waals surface area (Å²) in [5.41, 5.74) is 4.57. The third-order valence-corrected chi connectivity index (χ3v) is 5.46. The molecule has 8 heteroatoms. The molecule has 0 unspecified atom stereocenters. The quantitative estimate of drug-likeness (QED) is 0.560. The summed E-state index contributed by atoms with van der Waals surface area (Å²) in [6, 6.07) is 13.3. The van der Waals surface area contributed by atoms with Gasteiger partial charge in [0.25, 0.3) is 5.91 Å². The van der Waals surface area contributed by atoms with Crippen molar-refractivity contribution < 1.29 is 9.53 Å². The maximum absolute atomic E-state index is 13.1. The second-order valence-corrected chi connectivity index (χ2v) is 7.12. The Bertz CT molecular complexity index is 1180. The zero-order valence-corrected chi connectivity index (χ0v) is 15.9. The number of hydrogen-bond acceptors (Lipinski definition) is 5. The molecule has 1 aliphatic rings. The number of nitrogens with zero attached hydrogens (tertiary/aromatic N) is 4.